The summed E-state index contributed by atoms with van der Waals surface area (Å²) in [6.45, 7) is 0. The van der Waals surface area contributed by atoms with E-state index in [-0.39, 0.29) is 22.6 Å². The maximum absolute atomic E-state index is 13.0. The van der Waals surface area contributed by atoms with E-state index in [0.717, 1.165) is 19.3 Å². The van der Waals surface area contributed by atoms with Crippen molar-refractivity contribution in [3.8, 4) is 5.75 Å². The number of rotatable bonds is 3. The van der Waals surface area contributed by atoms with Gasteiger partial charge in [-0.3, -0.25) is 4.79 Å². The van der Waals surface area contributed by atoms with Gasteiger partial charge < -0.3 is 15.2 Å². The summed E-state index contributed by atoms with van der Waals surface area (Å²) in [6.07, 6.45) is 6.70. The van der Waals surface area contributed by atoms with Gasteiger partial charge in [0.1, 0.15) is 5.56 Å². The second-order valence-corrected chi connectivity index (χ2v) is 7.85. The molecule has 2 N–H and O–H groups in total. The van der Waals surface area contributed by atoms with Crippen LogP contribution in [0.15, 0.2) is 18.2 Å². The van der Waals surface area contributed by atoms with Gasteiger partial charge in [0.2, 0.25) is 5.91 Å². The fourth-order valence-electron chi connectivity index (χ4n) is 5.56. The van der Waals surface area contributed by atoms with Crippen molar-refractivity contribution in [2.24, 2.45) is 23.2 Å². The number of para-hydroxylation sites is 1. The van der Waals surface area contributed by atoms with Crippen LogP contribution < -0.4 is 5.32 Å². The summed E-state index contributed by atoms with van der Waals surface area (Å²) in [7, 11) is 1.27. The van der Waals surface area contributed by atoms with E-state index in [1.54, 1.807) is 12.1 Å². The number of benzene rings is 1. The van der Waals surface area contributed by atoms with Crippen LogP contribution in [0.2, 0.25) is 0 Å². The van der Waals surface area contributed by atoms with E-state index < -0.39 is 5.97 Å². The minimum absolute atomic E-state index is 0.00100. The Balaban J connectivity index is 1.58. The van der Waals surface area contributed by atoms with Crippen molar-refractivity contribution >= 4 is 17.6 Å². The summed E-state index contributed by atoms with van der Waals surface area (Å²) in [5.74, 6) is 1.20. The largest absolute Gasteiger partial charge is 0.505 e. The summed E-state index contributed by atoms with van der Waals surface area (Å²) in [5, 5.41) is 13.2. The lowest BCUT2D eigenvalue weighted by Crippen LogP contribution is -2.51. The van der Waals surface area contributed by atoms with Crippen molar-refractivity contribution in [3.05, 3.63) is 23.8 Å². The monoisotopic (exact) mass is 329 g/mol. The maximum atomic E-state index is 13.0. The minimum atomic E-state index is -0.613. The Morgan fingerprint density at radius 1 is 1.12 bits per heavy atom. The molecule has 5 rings (SSSR count). The van der Waals surface area contributed by atoms with Crippen molar-refractivity contribution in [2.45, 2.75) is 38.5 Å². The van der Waals surface area contributed by atoms with Crippen molar-refractivity contribution in [3.63, 3.8) is 0 Å². The van der Waals surface area contributed by atoms with Gasteiger partial charge in [-0.05, 0) is 68.4 Å². The third-order valence-corrected chi connectivity index (χ3v) is 6.21. The van der Waals surface area contributed by atoms with Crippen molar-refractivity contribution in [2.75, 3.05) is 12.4 Å². The van der Waals surface area contributed by atoms with Crippen LogP contribution in [0.1, 0.15) is 48.9 Å². The first-order valence-electron chi connectivity index (χ1n) is 8.72. The predicted molar refractivity (Wildman–Crippen MR) is 88.7 cm³/mol. The molecule has 24 heavy (non-hydrogen) atoms. The Kier molecular flexibility index (Phi) is 3.55. The van der Waals surface area contributed by atoms with Gasteiger partial charge >= 0.3 is 5.97 Å². The molecule has 0 spiro atoms. The lowest BCUT2D eigenvalue weighted by molar-refractivity contribution is -0.140. The molecule has 0 radical (unpaired) electrons. The molecule has 4 aliphatic rings. The summed E-state index contributed by atoms with van der Waals surface area (Å²) >= 11 is 0. The summed E-state index contributed by atoms with van der Waals surface area (Å²) in [4.78, 5) is 24.7. The van der Waals surface area contributed by atoms with E-state index >= 15 is 0 Å². The number of carbonyl (C=O) groups is 2. The summed E-state index contributed by atoms with van der Waals surface area (Å²) in [6, 6.07) is 4.75. The minimum Gasteiger partial charge on any atom is -0.505 e. The standard InChI is InChI=1S/C19H23NO4/c1-24-17(22)14-3-2-4-15(16(14)21)20-18(23)19-8-11-5-12(9-19)7-13(6-11)10-19/h2-4,11-13,21H,5-10H2,1H3,(H,20,23). The molecule has 0 saturated heterocycles. The van der Waals surface area contributed by atoms with E-state index in [1.165, 1.54) is 32.4 Å². The second-order valence-electron chi connectivity index (χ2n) is 7.85. The molecule has 0 atom stereocenters. The van der Waals surface area contributed by atoms with Crippen molar-refractivity contribution in [1.29, 1.82) is 0 Å². The molecule has 0 aromatic heterocycles. The molecule has 0 unspecified atom stereocenters. The van der Waals surface area contributed by atoms with Crippen molar-refractivity contribution < 1.29 is 19.4 Å². The first-order chi connectivity index (χ1) is 11.5. The van der Waals surface area contributed by atoms with Crippen LogP contribution in [0.25, 0.3) is 0 Å². The van der Waals surface area contributed by atoms with Crippen LogP contribution in [-0.2, 0) is 9.53 Å². The Morgan fingerprint density at radius 2 is 1.71 bits per heavy atom. The Bertz CT molecular complexity index is 661. The number of ether oxygens (including phenoxy) is 1. The Morgan fingerprint density at radius 3 is 2.25 bits per heavy atom. The van der Waals surface area contributed by atoms with E-state index in [0.29, 0.717) is 23.4 Å². The zero-order valence-electron chi connectivity index (χ0n) is 13.9. The molecular weight excluding hydrogens is 306 g/mol. The molecule has 1 aromatic rings. The second kappa shape index (κ2) is 5.50. The quantitative estimate of drug-likeness (QED) is 0.659. The number of phenolic OH excluding ortho intramolecular Hbond substituents is 1. The first-order valence-corrected chi connectivity index (χ1v) is 8.72. The lowest BCUT2D eigenvalue weighted by atomic mass is 9.49. The molecule has 4 fully saturated rings. The highest BCUT2D eigenvalue weighted by atomic mass is 16.5. The van der Waals surface area contributed by atoms with Gasteiger partial charge in [-0.1, -0.05) is 6.07 Å². The Labute approximate surface area is 141 Å². The highest BCUT2D eigenvalue weighted by molar-refractivity contribution is 6.00. The van der Waals surface area contributed by atoms with E-state index in [1.807, 2.05) is 0 Å². The van der Waals surface area contributed by atoms with Gasteiger partial charge in [-0.25, -0.2) is 4.79 Å². The molecule has 4 bridgehead atoms. The topological polar surface area (TPSA) is 75.6 Å². The van der Waals surface area contributed by atoms with Gasteiger partial charge in [-0.15, -0.1) is 0 Å². The number of nitrogens with one attached hydrogen (secondary N) is 1. The fourth-order valence-corrected chi connectivity index (χ4v) is 5.56. The van der Waals surface area contributed by atoms with E-state index in [4.69, 9.17) is 0 Å². The first kappa shape index (κ1) is 15.5. The van der Waals surface area contributed by atoms with Gasteiger partial charge in [-0.2, -0.15) is 0 Å². The van der Waals surface area contributed by atoms with E-state index in [2.05, 4.69) is 10.1 Å². The molecule has 4 saturated carbocycles. The molecule has 5 nitrogen and oxygen atoms in total. The third kappa shape index (κ3) is 2.38. The van der Waals surface area contributed by atoms with Crippen molar-refractivity contribution in [1.82, 2.24) is 0 Å². The summed E-state index contributed by atoms with van der Waals surface area (Å²) < 4.78 is 4.67. The fraction of sp³-hybridized carbons (Fsp3) is 0.579. The molecule has 1 amide bonds. The number of hydrogen-bond donors (Lipinski definition) is 2. The molecule has 5 heteroatoms. The third-order valence-electron chi connectivity index (χ3n) is 6.21. The average Bonchev–Trinajstić information content (AvgIpc) is 2.54. The molecule has 128 valence electrons. The number of anilines is 1. The number of phenols is 1. The van der Waals surface area contributed by atoms with E-state index in [9.17, 15) is 14.7 Å². The van der Waals surface area contributed by atoms with Crippen LogP contribution in [0.4, 0.5) is 5.69 Å². The molecule has 4 aliphatic carbocycles. The van der Waals surface area contributed by atoms with Gasteiger partial charge in [0.15, 0.2) is 5.75 Å². The van der Waals surface area contributed by atoms with Gasteiger partial charge in [0.25, 0.3) is 0 Å². The molecular formula is C19H23NO4. The number of amides is 1. The predicted octanol–water partition coefficient (Wildman–Crippen LogP) is 3.33. The SMILES string of the molecule is COC(=O)c1cccc(NC(=O)C23CC4CC(CC(C4)C2)C3)c1O. The van der Waals surface area contributed by atoms with Gasteiger partial charge in [0, 0.05) is 0 Å². The Hall–Kier alpha value is -2.04. The highest BCUT2D eigenvalue weighted by Gasteiger charge is 2.54. The average molecular weight is 329 g/mol. The van der Waals surface area contributed by atoms with Crippen LogP contribution >= 0.6 is 0 Å². The lowest BCUT2D eigenvalue weighted by Gasteiger charge is -2.55. The zero-order valence-corrected chi connectivity index (χ0v) is 13.9. The molecule has 0 heterocycles. The number of hydrogen-bond acceptors (Lipinski definition) is 4. The van der Waals surface area contributed by atoms with Gasteiger partial charge in [0.05, 0.1) is 18.2 Å². The number of methoxy groups -OCH3 is 1. The van der Waals surface area contributed by atoms with Crippen LogP contribution in [-0.4, -0.2) is 24.1 Å². The number of esters is 1. The smallest absolute Gasteiger partial charge is 0.341 e. The molecule has 0 aliphatic heterocycles. The van der Waals surface area contributed by atoms with Crippen LogP contribution in [0.5, 0.6) is 5.75 Å². The summed E-state index contributed by atoms with van der Waals surface area (Å²) in [5.41, 5.74) is 0.0714. The maximum Gasteiger partial charge on any atom is 0.341 e. The highest BCUT2D eigenvalue weighted by Crippen LogP contribution is 2.60. The molecule has 1 aromatic carbocycles. The zero-order chi connectivity index (χ0) is 16.9. The number of carbonyl (C=O) groups excluding carboxylic acids is 2. The number of aromatic hydroxyl groups is 1. The van der Waals surface area contributed by atoms with Crippen LogP contribution in [0, 0.1) is 23.2 Å². The normalized spacial score (nSPS) is 33.3. The van der Waals surface area contributed by atoms with Crippen LogP contribution in [0.3, 0.4) is 0 Å².